The summed E-state index contributed by atoms with van der Waals surface area (Å²) < 4.78 is 24.0. The number of hydrogen-bond acceptors (Lipinski definition) is 3. The molecule has 0 saturated heterocycles. The number of carbonyl (C=O) groups excluding carboxylic acids is 1. The van der Waals surface area contributed by atoms with Gasteiger partial charge in [-0.1, -0.05) is 13.8 Å². The van der Waals surface area contributed by atoms with E-state index >= 15 is 0 Å². The van der Waals surface area contributed by atoms with Crippen LogP contribution in [0.4, 0.5) is 0 Å². The number of amides is 1. The summed E-state index contributed by atoms with van der Waals surface area (Å²) in [6, 6.07) is 0.0950. The number of rotatable bonds is 6. The van der Waals surface area contributed by atoms with Crippen molar-refractivity contribution in [2.24, 2.45) is 29.1 Å². The molecule has 4 fully saturated rings. The van der Waals surface area contributed by atoms with Crippen LogP contribution in [0.15, 0.2) is 0 Å². The predicted molar refractivity (Wildman–Crippen MR) is 91.7 cm³/mol. The van der Waals surface area contributed by atoms with Gasteiger partial charge in [0.05, 0.1) is 5.75 Å². The van der Waals surface area contributed by atoms with Gasteiger partial charge in [-0.3, -0.25) is 4.79 Å². The monoisotopic (exact) mass is 341 g/mol. The van der Waals surface area contributed by atoms with Gasteiger partial charge in [-0.2, -0.15) is 0 Å². The number of hydrogen-bond donors (Lipinski definition) is 1. The van der Waals surface area contributed by atoms with Crippen LogP contribution in [-0.2, 0) is 14.6 Å². The Balaban J connectivity index is 1.61. The molecule has 0 aromatic carbocycles. The summed E-state index contributed by atoms with van der Waals surface area (Å²) in [6.07, 6.45) is 7.80. The van der Waals surface area contributed by atoms with Crippen molar-refractivity contribution in [2.45, 2.75) is 65.3 Å². The first-order chi connectivity index (χ1) is 10.7. The minimum Gasteiger partial charge on any atom is -0.352 e. The van der Waals surface area contributed by atoms with E-state index in [0.29, 0.717) is 0 Å². The van der Waals surface area contributed by atoms with Crippen LogP contribution in [0.5, 0.6) is 0 Å². The molecule has 4 aliphatic rings. The minimum atomic E-state index is -3.29. The average Bonchev–Trinajstić information content (AvgIpc) is 2.33. The van der Waals surface area contributed by atoms with E-state index in [1.165, 1.54) is 38.5 Å². The number of carbonyl (C=O) groups is 1. The zero-order chi connectivity index (χ0) is 16.8. The highest BCUT2D eigenvalue weighted by Gasteiger charge is 2.53. The van der Waals surface area contributed by atoms with Crippen LogP contribution >= 0.6 is 0 Å². The third-order valence-electron chi connectivity index (χ3n) is 6.32. The Morgan fingerprint density at radius 1 is 1.04 bits per heavy atom. The van der Waals surface area contributed by atoms with Crippen molar-refractivity contribution in [3.05, 3.63) is 0 Å². The van der Waals surface area contributed by atoms with E-state index in [9.17, 15) is 13.2 Å². The van der Waals surface area contributed by atoms with Crippen LogP contribution < -0.4 is 5.32 Å². The molecule has 0 spiro atoms. The Morgan fingerprint density at radius 3 is 1.96 bits per heavy atom. The number of nitrogens with one attached hydrogen (secondary N) is 1. The van der Waals surface area contributed by atoms with Crippen molar-refractivity contribution < 1.29 is 13.2 Å². The van der Waals surface area contributed by atoms with Crippen LogP contribution in [0, 0.1) is 29.1 Å². The second-order valence-electron chi connectivity index (χ2n) is 9.02. The summed E-state index contributed by atoms with van der Waals surface area (Å²) >= 11 is 0. The molecule has 0 radical (unpaired) electrons. The van der Waals surface area contributed by atoms with Crippen molar-refractivity contribution in [1.82, 2.24) is 5.32 Å². The highest BCUT2D eigenvalue weighted by molar-refractivity contribution is 7.92. The summed E-state index contributed by atoms with van der Waals surface area (Å²) in [7, 11) is -3.29. The summed E-state index contributed by atoms with van der Waals surface area (Å²) in [5, 5.41) is 3.05. The molecule has 4 nitrogen and oxygen atoms in total. The van der Waals surface area contributed by atoms with Crippen LogP contribution in [0.3, 0.4) is 0 Å². The van der Waals surface area contributed by atoms with Gasteiger partial charge in [-0.05, 0) is 74.5 Å². The molecule has 0 aromatic rings. The van der Waals surface area contributed by atoms with Crippen molar-refractivity contribution in [3.63, 3.8) is 0 Å². The first-order valence-corrected chi connectivity index (χ1v) is 11.0. The third-order valence-corrected chi connectivity index (χ3v) is 8.20. The van der Waals surface area contributed by atoms with Gasteiger partial charge in [0, 0.05) is 6.04 Å². The van der Waals surface area contributed by atoms with Crippen LogP contribution in [-0.4, -0.2) is 31.9 Å². The van der Waals surface area contributed by atoms with Gasteiger partial charge in [0.2, 0.25) is 5.91 Å². The third kappa shape index (κ3) is 3.75. The normalized spacial score (nSPS) is 37.1. The van der Waals surface area contributed by atoms with Gasteiger partial charge >= 0.3 is 0 Å². The molecule has 1 N–H and O–H groups in total. The fourth-order valence-electron chi connectivity index (χ4n) is 5.91. The van der Waals surface area contributed by atoms with E-state index < -0.39 is 9.84 Å². The Labute approximate surface area is 140 Å². The minimum absolute atomic E-state index is 0.0633. The molecular weight excluding hydrogens is 310 g/mol. The lowest BCUT2D eigenvalue weighted by Crippen LogP contribution is -2.56. The SMILES string of the molecule is CC(C)CS(=O)(=O)CC(=O)NC(C)C12CC3CC(CC(C3)C1)C2. The topological polar surface area (TPSA) is 63.2 Å². The van der Waals surface area contributed by atoms with Gasteiger partial charge in [0.25, 0.3) is 0 Å². The smallest absolute Gasteiger partial charge is 0.235 e. The molecule has 4 aliphatic carbocycles. The van der Waals surface area contributed by atoms with Gasteiger partial charge in [-0.15, -0.1) is 0 Å². The lowest BCUT2D eigenvalue weighted by atomic mass is 9.48. The van der Waals surface area contributed by atoms with Crippen molar-refractivity contribution >= 4 is 15.7 Å². The lowest BCUT2D eigenvalue weighted by molar-refractivity contribution is -0.123. The molecule has 1 atom stereocenters. The second-order valence-corrected chi connectivity index (χ2v) is 11.1. The van der Waals surface area contributed by atoms with Crippen molar-refractivity contribution in [2.75, 3.05) is 11.5 Å². The Kier molecular flexibility index (Phi) is 4.54. The Morgan fingerprint density at radius 2 is 1.52 bits per heavy atom. The van der Waals surface area contributed by atoms with E-state index in [4.69, 9.17) is 0 Å². The Bertz CT molecular complexity index is 532. The molecule has 0 aliphatic heterocycles. The zero-order valence-electron chi connectivity index (χ0n) is 14.7. The molecule has 1 unspecified atom stereocenters. The van der Waals surface area contributed by atoms with E-state index in [-0.39, 0.29) is 34.8 Å². The van der Waals surface area contributed by atoms with Crippen LogP contribution in [0.25, 0.3) is 0 Å². The first kappa shape index (κ1) is 17.2. The average molecular weight is 342 g/mol. The second kappa shape index (κ2) is 6.05. The van der Waals surface area contributed by atoms with Gasteiger partial charge in [-0.25, -0.2) is 8.42 Å². The fraction of sp³-hybridized carbons (Fsp3) is 0.944. The fourth-order valence-corrected chi connectivity index (χ4v) is 7.53. The van der Waals surface area contributed by atoms with Gasteiger partial charge in [0.1, 0.15) is 5.75 Å². The molecule has 23 heavy (non-hydrogen) atoms. The summed E-state index contributed by atoms with van der Waals surface area (Å²) in [4.78, 5) is 12.3. The lowest BCUT2D eigenvalue weighted by Gasteiger charge is -2.59. The molecule has 0 aromatic heterocycles. The molecule has 1 amide bonds. The Hall–Kier alpha value is -0.580. The molecule has 4 rings (SSSR count). The molecular formula is C18H31NO3S. The van der Waals surface area contributed by atoms with Crippen molar-refractivity contribution in [1.29, 1.82) is 0 Å². The summed E-state index contributed by atoms with van der Waals surface area (Å²) in [5.41, 5.74) is 0.228. The standard InChI is InChI=1S/C18H31NO3S/c1-12(2)10-23(21,22)11-17(20)19-13(3)18-7-14-4-15(8-18)6-16(5-14)9-18/h12-16H,4-11H2,1-3H3,(H,19,20). The molecule has 132 valence electrons. The van der Waals surface area contributed by atoms with Crippen molar-refractivity contribution in [3.8, 4) is 0 Å². The largest absolute Gasteiger partial charge is 0.352 e. The maximum atomic E-state index is 12.3. The van der Waals surface area contributed by atoms with E-state index in [2.05, 4.69) is 12.2 Å². The van der Waals surface area contributed by atoms with E-state index in [0.717, 1.165) is 17.8 Å². The predicted octanol–water partition coefficient (Wildman–Crippen LogP) is 2.78. The van der Waals surface area contributed by atoms with Gasteiger partial charge in [0.15, 0.2) is 9.84 Å². The maximum absolute atomic E-state index is 12.3. The zero-order valence-corrected chi connectivity index (χ0v) is 15.5. The summed E-state index contributed by atoms with van der Waals surface area (Å²) in [6.45, 7) is 5.83. The molecule has 4 saturated carbocycles. The maximum Gasteiger partial charge on any atom is 0.235 e. The first-order valence-electron chi connectivity index (χ1n) is 9.17. The molecule has 0 heterocycles. The molecule has 4 bridgehead atoms. The highest BCUT2D eigenvalue weighted by Crippen LogP contribution is 2.61. The molecule has 5 heteroatoms. The summed E-state index contributed by atoms with van der Waals surface area (Å²) in [5.74, 6) is 2.00. The van der Waals surface area contributed by atoms with Crippen LogP contribution in [0.1, 0.15) is 59.3 Å². The van der Waals surface area contributed by atoms with Gasteiger partial charge < -0.3 is 5.32 Å². The quantitative estimate of drug-likeness (QED) is 0.808. The van der Waals surface area contributed by atoms with E-state index in [1.807, 2.05) is 13.8 Å². The van der Waals surface area contributed by atoms with Crippen LogP contribution in [0.2, 0.25) is 0 Å². The highest BCUT2D eigenvalue weighted by atomic mass is 32.2. The van der Waals surface area contributed by atoms with E-state index in [1.54, 1.807) is 0 Å². The number of sulfone groups is 1.